The highest BCUT2D eigenvalue weighted by atomic mass is 16.5. The Labute approximate surface area is 189 Å². The third kappa shape index (κ3) is 5.48. The molecule has 0 aromatic carbocycles. The zero-order valence-electron chi connectivity index (χ0n) is 19.3. The van der Waals surface area contributed by atoms with Crippen LogP contribution in [0.5, 0.6) is 0 Å². The van der Waals surface area contributed by atoms with E-state index in [0.717, 1.165) is 0 Å². The van der Waals surface area contributed by atoms with Crippen LogP contribution in [-0.2, 0) is 19.0 Å². The number of esters is 3. The number of Topliss-reactive ketones (excluding diaryl/α,β-unsaturated/α-hetero) is 1. The number of ketones is 1. The van der Waals surface area contributed by atoms with Gasteiger partial charge in [-0.25, -0.2) is 14.4 Å². The molecule has 0 fully saturated rings. The highest BCUT2D eigenvalue weighted by Crippen LogP contribution is 2.28. The van der Waals surface area contributed by atoms with E-state index in [1.165, 1.54) is 13.8 Å². The van der Waals surface area contributed by atoms with Crippen LogP contribution in [0.3, 0.4) is 0 Å². The van der Waals surface area contributed by atoms with Crippen molar-refractivity contribution in [3.63, 3.8) is 0 Å². The second kappa shape index (κ2) is 10.6. The molecule has 0 saturated heterocycles. The summed E-state index contributed by atoms with van der Waals surface area (Å²) >= 11 is 0. The Bertz CT molecular complexity index is 1110. The van der Waals surface area contributed by atoms with Gasteiger partial charge in [-0.05, 0) is 47.1 Å². The van der Waals surface area contributed by atoms with E-state index in [4.69, 9.17) is 18.6 Å². The molecule has 11 heteroatoms. The second-order valence-corrected chi connectivity index (χ2v) is 6.98. The monoisotopic (exact) mass is 462 g/mol. The molecule has 1 amide bonds. The molecule has 0 atom stereocenters. The van der Waals surface area contributed by atoms with Crippen molar-refractivity contribution in [2.75, 3.05) is 25.1 Å². The number of aromatic amines is 1. The van der Waals surface area contributed by atoms with Gasteiger partial charge in [0.2, 0.25) is 5.88 Å². The number of carbonyl (C=O) groups excluding carboxylic acids is 5. The Morgan fingerprint density at radius 2 is 1.42 bits per heavy atom. The lowest BCUT2D eigenvalue weighted by Gasteiger charge is -2.07. The Morgan fingerprint density at radius 1 is 0.848 bits per heavy atom. The molecule has 2 rings (SSSR count). The smallest absolute Gasteiger partial charge is 0.355 e. The minimum absolute atomic E-state index is 0.00303. The number of amides is 1. The van der Waals surface area contributed by atoms with Crippen LogP contribution in [0.15, 0.2) is 4.42 Å². The molecule has 2 heterocycles. The molecule has 0 bridgehead atoms. The molecule has 0 aliphatic rings. The molecule has 2 N–H and O–H groups in total. The highest BCUT2D eigenvalue weighted by molar-refractivity contribution is 6.11. The molecule has 2 aromatic heterocycles. The zero-order valence-corrected chi connectivity index (χ0v) is 19.3. The summed E-state index contributed by atoms with van der Waals surface area (Å²) in [5.41, 5.74) is 0.748. The summed E-state index contributed by atoms with van der Waals surface area (Å²) in [7, 11) is 0. The maximum Gasteiger partial charge on any atom is 0.355 e. The fourth-order valence-electron chi connectivity index (χ4n) is 3.28. The van der Waals surface area contributed by atoms with Crippen LogP contribution in [-0.4, -0.2) is 54.4 Å². The number of H-pyrrole nitrogens is 1. The minimum Gasteiger partial charge on any atom is -0.462 e. The minimum atomic E-state index is -0.869. The number of rotatable bonds is 9. The van der Waals surface area contributed by atoms with Gasteiger partial charge >= 0.3 is 17.9 Å². The van der Waals surface area contributed by atoms with Crippen molar-refractivity contribution < 1.29 is 42.6 Å². The van der Waals surface area contributed by atoms with Crippen molar-refractivity contribution in [1.82, 2.24) is 4.98 Å². The average molecular weight is 462 g/mol. The van der Waals surface area contributed by atoms with Gasteiger partial charge in [-0.15, -0.1) is 0 Å². The maximum absolute atomic E-state index is 12.4. The van der Waals surface area contributed by atoms with E-state index in [1.807, 2.05) is 0 Å². The van der Waals surface area contributed by atoms with Crippen LogP contribution >= 0.6 is 0 Å². The lowest BCUT2D eigenvalue weighted by molar-refractivity contribution is -0.119. The topological polar surface area (TPSA) is 154 Å². The number of hydrogen-bond donors (Lipinski definition) is 2. The summed E-state index contributed by atoms with van der Waals surface area (Å²) < 4.78 is 20.3. The largest absolute Gasteiger partial charge is 0.462 e. The van der Waals surface area contributed by atoms with Gasteiger partial charge in [-0.1, -0.05) is 0 Å². The Kier molecular flexibility index (Phi) is 8.16. The number of furan rings is 1. The van der Waals surface area contributed by atoms with E-state index in [1.54, 1.807) is 27.7 Å². The van der Waals surface area contributed by atoms with Crippen molar-refractivity contribution in [3.8, 4) is 0 Å². The van der Waals surface area contributed by atoms with E-state index < -0.39 is 36.2 Å². The third-order valence-electron chi connectivity index (χ3n) is 4.62. The van der Waals surface area contributed by atoms with Crippen molar-refractivity contribution in [1.29, 1.82) is 0 Å². The van der Waals surface area contributed by atoms with Gasteiger partial charge in [0, 0.05) is 5.69 Å². The Balaban J connectivity index is 2.16. The molecular weight excluding hydrogens is 436 g/mol. The van der Waals surface area contributed by atoms with Gasteiger partial charge in [0.1, 0.15) is 17.0 Å². The molecule has 33 heavy (non-hydrogen) atoms. The van der Waals surface area contributed by atoms with E-state index in [9.17, 15) is 24.0 Å². The summed E-state index contributed by atoms with van der Waals surface area (Å²) in [6.45, 7) is 8.62. The molecule has 0 unspecified atom stereocenters. The van der Waals surface area contributed by atoms with E-state index >= 15 is 0 Å². The van der Waals surface area contributed by atoms with Crippen molar-refractivity contribution in [2.45, 2.75) is 41.5 Å². The summed E-state index contributed by atoms with van der Waals surface area (Å²) in [5, 5.41) is 2.32. The predicted molar refractivity (Wildman–Crippen MR) is 115 cm³/mol. The van der Waals surface area contributed by atoms with Crippen molar-refractivity contribution in [3.05, 3.63) is 39.4 Å². The lowest BCUT2D eigenvalue weighted by atomic mass is 10.1. The first-order valence-corrected chi connectivity index (χ1v) is 10.2. The third-order valence-corrected chi connectivity index (χ3v) is 4.62. The van der Waals surface area contributed by atoms with Crippen molar-refractivity contribution in [2.24, 2.45) is 0 Å². The summed E-state index contributed by atoms with van der Waals surface area (Å²) in [5.74, 6) is -3.70. The van der Waals surface area contributed by atoms with E-state index in [2.05, 4.69) is 10.3 Å². The number of nitrogens with one attached hydrogen (secondary N) is 2. The quantitative estimate of drug-likeness (QED) is 0.325. The molecule has 11 nitrogen and oxygen atoms in total. The lowest BCUT2D eigenvalue weighted by Crippen LogP contribution is -2.22. The number of anilines is 1. The first-order chi connectivity index (χ1) is 15.5. The van der Waals surface area contributed by atoms with E-state index in [0.29, 0.717) is 11.3 Å². The number of aryl methyl sites for hydroxylation is 2. The number of aromatic nitrogens is 1. The normalized spacial score (nSPS) is 10.5. The van der Waals surface area contributed by atoms with Crippen LogP contribution in [0.4, 0.5) is 5.88 Å². The van der Waals surface area contributed by atoms with Crippen LogP contribution in [0, 0.1) is 20.8 Å². The van der Waals surface area contributed by atoms with Gasteiger partial charge in [0.05, 0.1) is 24.3 Å². The molecule has 178 valence electrons. The summed E-state index contributed by atoms with van der Waals surface area (Å²) in [4.78, 5) is 63.9. The first kappa shape index (κ1) is 25.4. The Morgan fingerprint density at radius 3 is 1.97 bits per heavy atom. The molecule has 2 aromatic rings. The van der Waals surface area contributed by atoms with Crippen LogP contribution in [0.1, 0.15) is 79.4 Å². The van der Waals surface area contributed by atoms with Gasteiger partial charge in [-0.3, -0.25) is 14.9 Å². The number of hydrogen-bond acceptors (Lipinski definition) is 9. The van der Waals surface area contributed by atoms with Crippen LogP contribution in [0.25, 0.3) is 0 Å². The van der Waals surface area contributed by atoms with E-state index in [-0.39, 0.29) is 47.2 Å². The van der Waals surface area contributed by atoms with Crippen LogP contribution < -0.4 is 5.32 Å². The molecule has 0 aliphatic heterocycles. The first-order valence-electron chi connectivity index (χ1n) is 10.2. The number of carbonyl (C=O) groups is 5. The zero-order chi connectivity index (χ0) is 24.9. The molecule has 0 saturated carbocycles. The maximum atomic E-state index is 12.4. The average Bonchev–Trinajstić information content (AvgIpc) is 3.21. The molecular formula is C22H26N2O9. The van der Waals surface area contributed by atoms with Crippen LogP contribution in [0.2, 0.25) is 0 Å². The second-order valence-electron chi connectivity index (χ2n) is 6.98. The predicted octanol–water partition coefficient (Wildman–Crippen LogP) is 2.88. The van der Waals surface area contributed by atoms with Gasteiger partial charge in [0.15, 0.2) is 12.4 Å². The highest BCUT2D eigenvalue weighted by Gasteiger charge is 2.29. The van der Waals surface area contributed by atoms with Gasteiger partial charge in [0.25, 0.3) is 5.91 Å². The fourth-order valence-corrected chi connectivity index (χ4v) is 3.28. The SMILES string of the molecule is CCOC(=O)c1c(C)[nH]c(C(=O)OCC(=O)Nc2oc(C)c(C(C)=O)c2C(=O)OCC)c1C. The van der Waals surface area contributed by atoms with Gasteiger partial charge < -0.3 is 23.6 Å². The standard InChI is InChI=1S/C22H26N2O9/c1-7-30-20(27)15-10(3)18(23-11(15)4)22(29)32-9-14(26)24-19-17(21(28)31-8-2)16(12(5)25)13(6)33-19/h23H,7-9H2,1-6H3,(H,24,26). The molecule has 0 radical (unpaired) electrons. The summed E-state index contributed by atoms with van der Waals surface area (Å²) in [6.07, 6.45) is 0. The molecule has 0 aliphatic carbocycles. The Hall–Kier alpha value is -3.89. The summed E-state index contributed by atoms with van der Waals surface area (Å²) in [6, 6.07) is 0. The van der Waals surface area contributed by atoms with Gasteiger partial charge in [-0.2, -0.15) is 0 Å². The number of ether oxygens (including phenoxy) is 3. The molecule has 0 spiro atoms. The van der Waals surface area contributed by atoms with Crippen molar-refractivity contribution >= 4 is 35.5 Å². The fraction of sp³-hybridized carbons (Fsp3) is 0.409.